The van der Waals surface area contributed by atoms with Gasteiger partial charge in [0.2, 0.25) is 0 Å². The van der Waals surface area contributed by atoms with Crippen molar-refractivity contribution >= 4 is 29.2 Å². The van der Waals surface area contributed by atoms with Crippen molar-refractivity contribution in [3.63, 3.8) is 0 Å². The van der Waals surface area contributed by atoms with Crippen molar-refractivity contribution in [1.29, 1.82) is 0 Å². The summed E-state index contributed by atoms with van der Waals surface area (Å²) in [5.41, 5.74) is 0.701. The van der Waals surface area contributed by atoms with Gasteiger partial charge >= 0.3 is 5.97 Å². The van der Waals surface area contributed by atoms with Crippen molar-refractivity contribution < 1.29 is 23.1 Å². The molecule has 0 aliphatic heterocycles. The first-order chi connectivity index (χ1) is 14.2. The van der Waals surface area contributed by atoms with E-state index in [0.29, 0.717) is 5.82 Å². The second kappa shape index (κ2) is 8.58. The summed E-state index contributed by atoms with van der Waals surface area (Å²) in [6.07, 6.45) is -1.37. The lowest BCUT2D eigenvalue weighted by Crippen LogP contribution is -2.31. The molecule has 10 heteroatoms. The Hall–Kier alpha value is -3.33. The number of benzene rings is 1. The molecule has 0 spiro atoms. The van der Waals surface area contributed by atoms with Gasteiger partial charge in [0.15, 0.2) is 17.6 Å². The summed E-state index contributed by atoms with van der Waals surface area (Å²) in [5, 5.41) is 6.36. The number of hydrogen-bond donors (Lipinski definition) is 1. The Balaban J connectivity index is 1.77. The number of nitrogens with one attached hydrogen (secondary N) is 1. The van der Waals surface area contributed by atoms with Gasteiger partial charge in [0.1, 0.15) is 17.3 Å². The Morgan fingerprint density at radius 2 is 1.83 bits per heavy atom. The first-order valence-electron chi connectivity index (χ1n) is 8.83. The molecule has 0 aliphatic rings. The molecule has 3 rings (SSSR count). The highest BCUT2D eigenvalue weighted by Crippen LogP contribution is 2.21. The predicted molar refractivity (Wildman–Crippen MR) is 106 cm³/mol. The Kier molecular flexibility index (Phi) is 6.12. The molecular formula is C20H17ClF2N4O3. The number of aromatic nitrogens is 3. The zero-order valence-corrected chi connectivity index (χ0v) is 17.0. The maximum Gasteiger partial charge on any atom is 0.359 e. The minimum Gasteiger partial charge on any atom is -0.448 e. The number of carbonyl (C=O) groups excluding carboxylic acids is 2. The van der Waals surface area contributed by atoms with E-state index in [4.69, 9.17) is 16.3 Å². The zero-order chi connectivity index (χ0) is 22.0. The Labute approximate surface area is 175 Å². The molecule has 7 nitrogen and oxygen atoms in total. The van der Waals surface area contributed by atoms with Crippen LogP contribution in [0.2, 0.25) is 5.02 Å². The van der Waals surface area contributed by atoms with Crippen molar-refractivity contribution in [3.8, 4) is 5.82 Å². The van der Waals surface area contributed by atoms with Crippen LogP contribution in [0.4, 0.5) is 14.5 Å². The topological polar surface area (TPSA) is 86.1 Å². The molecular weight excluding hydrogens is 418 g/mol. The summed E-state index contributed by atoms with van der Waals surface area (Å²) in [6, 6.07) is 8.01. The molecule has 1 atom stereocenters. The maximum absolute atomic E-state index is 13.7. The number of para-hydroxylation sites is 1. The molecule has 0 aliphatic carbocycles. The van der Waals surface area contributed by atoms with Gasteiger partial charge in [-0.15, -0.1) is 0 Å². The lowest BCUT2D eigenvalue weighted by atomic mass is 10.2. The van der Waals surface area contributed by atoms with Crippen LogP contribution < -0.4 is 5.32 Å². The van der Waals surface area contributed by atoms with Gasteiger partial charge in [0.25, 0.3) is 5.91 Å². The minimum atomic E-state index is -1.37. The number of pyridine rings is 1. The van der Waals surface area contributed by atoms with E-state index in [1.807, 2.05) is 19.9 Å². The molecule has 0 bridgehead atoms. The standard InChI is InChI=1S/C20H17ClF2N4O3/c1-10-9-11(2)27(26-10)16-8-7-13(21)17(24-16)20(29)30-12(3)19(28)25-18-14(22)5-4-6-15(18)23/h4-9,12H,1-3H3,(H,25,28). The van der Waals surface area contributed by atoms with Gasteiger partial charge in [0, 0.05) is 5.69 Å². The van der Waals surface area contributed by atoms with E-state index in [0.717, 1.165) is 29.6 Å². The van der Waals surface area contributed by atoms with Crippen LogP contribution >= 0.6 is 11.6 Å². The number of amides is 1. The molecule has 2 heterocycles. The first-order valence-corrected chi connectivity index (χ1v) is 9.21. The molecule has 2 aromatic heterocycles. The minimum absolute atomic E-state index is 0.0121. The van der Waals surface area contributed by atoms with Crippen molar-refractivity contribution in [2.24, 2.45) is 0 Å². The molecule has 156 valence electrons. The van der Waals surface area contributed by atoms with Crippen LogP contribution in [0.25, 0.3) is 5.82 Å². The van der Waals surface area contributed by atoms with Gasteiger partial charge in [-0.1, -0.05) is 17.7 Å². The summed E-state index contributed by atoms with van der Waals surface area (Å²) >= 11 is 6.07. The van der Waals surface area contributed by atoms with E-state index in [2.05, 4.69) is 15.4 Å². The highest BCUT2D eigenvalue weighted by atomic mass is 35.5. The summed E-state index contributed by atoms with van der Waals surface area (Å²) in [7, 11) is 0. The quantitative estimate of drug-likeness (QED) is 0.613. The lowest BCUT2D eigenvalue weighted by molar-refractivity contribution is -0.123. The van der Waals surface area contributed by atoms with E-state index >= 15 is 0 Å². The molecule has 1 amide bonds. The Bertz CT molecular complexity index is 1110. The smallest absolute Gasteiger partial charge is 0.359 e. The van der Waals surface area contributed by atoms with Gasteiger partial charge < -0.3 is 10.1 Å². The Morgan fingerprint density at radius 3 is 2.43 bits per heavy atom. The normalized spacial score (nSPS) is 11.8. The molecule has 0 saturated carbocycles. The number of hydrogen-bond acceptors (Lipinski definition) is 5. The van der Waals surface area contributed by atoms with E-state index in [-0.39, 0.29) is 10.7 Å². The van der Waals surface area contributed by atoms with Gasteiger partial charge in [-0.25, -0.2) is 23.2 Å². The summed E-state index contributed by atoms with van der Waals surface area (Å²) in [6.45, 7) is 4.89. The highest BCUT2D eigenvalue weighted by Gasteiger charge is 2.24. The van der Waals surface area contributed by atoms with Gasteiger partial charge in [-0.3, -0.25) is 4.79 Å². The van der Waals surface area contributed by atoms with E-state index in [9.17, 15) is 18.4 Å². The number of halogens is 3. The number of ether oxygens (including phenoxy) is 1. The van der Waals surface area contributed by atoms with Gasteiger partial charge in [0.05, 0.1) is 10.7 Å². The fourth-order valence-electron chi connectivity index (χ4n) is 2.67. The zero-order valence-electron chi connectivity index (χ0n) is 16.2. The average Bonchev–Trinajstić information content (AvgIpc) is 3.03. The average molecular weight is 435 g/mol. The number of nitrogens with zero attached hydrogens (tertiary/aromatic N) is 3. The maximum atomic E-state index is 13.7. The van der Waals surface area contributed by atoms with Crippen LogP contribution in [0.3, 0.4) is 0 Å². The van der Waals surface area contributed by atoms with Crippen molar-refractivity contribution in [1.82, 2.24) is 14.8 Å². The second-order valence-electron chi connectivity index (χ2n) is 6.47. The molecule has 3 aromatic rings. The van der Waals surface area contributed by atoms with Crippen LogP contribution in [0, 0.1) is 25.5 Å². The SMILES string of the molecule is Cc1cc(C)n(-c2ccc(Cl)c(C(=O)OC(C)C(=O)Nc3c(F)cccc3F)n2)n1. The molecule has 0 saturated heterocycles. The van der Waals surface area contributed by atoms with Crippen LogP contribution in [-0.2, 0) is 9.53 Å². The lowest BCUT2D eigenvalue weighted by Gasteiger charge is -2.15. The number of aryl methyl sites for hydroxylation is 2. The number of esters is 1. The summed E-state index contributed by atoms with van der Waals surface area (Å²) in [5.74, 6) is -3.46. The number of rotatable bonds is 5. The van der Waals surface area contributed by atoms with Gasteiger partial charge in [-0.2, -0.15) is 5.10 Å². The molecule has 0 radical (unpaired) electrons. The third-order valence-corrected chi connectivity index (χ3v) is 4.42. The third kappa shape index (κ3) is 4.46. The summed E-state index contributed by atoms with van der Waals surface area (Å²) in [4.78, 5) is 28.9. The largest absolute Gasteiger partial charge is 0.448 e. The first kappa shape index (κ1) is 21.4. The van der Waals surface area contributed by atoms with E-state index in [1.165, 1.54) is 17.7 Å². The van der Waals surface area contributed by atoms with Crippen LogP contribution in [0.5, 0.6) is 0 Å². The number of carbonyl (C=O) groups is 2. The second-order valence-corrected chi connectivity index (χ2v) is 6.88. The monoisotopic (exact) mass is 434 g/mol. The highest BCUT2D eigenvalue weighted by molar-refractivity contribution is 6.33. The van der Waals surface area contributed by atoms with E-state index in [1.54, 1.807) is 6.07 Å². The molecule has 30 heavy (non-hydrogen) atoms. The van der Waals surface area contributed by atoms with Crippen molar-refractivity contribution in [2.75, 3.05) is 5.32 Å². The number of anilines is 1. The Morgan fingerprint density at radius 1 is 1.17 bits per heavy atom. The predicted octanol–water partition coefficient (Wildman–Crippen LogP) is 4.00. The summed E-state index contributed by atoms with van der Waals surface area (Å²) < 4.78 is 34.0. The van der Waals surface area contributed by atoms with Crippen molar-refractivity contribution in [2.45, 2.75) is 26.9 Å². The van der Waals surface area contributed by atoms with Gasteiger partial charge in [-0.05, 0) is 51.1 Å². The van der Waals surface area contributed by atoms with Crippen LogP contribution in [-0.4, -0.2) is 32.7 Å². The van der Waals surface area contributed by atoms with Crippen LogP contribution in [0.15, 0.2) is 36.4 Å². The fraction of sp³-hybridized carbons (Fsp3) is 0.200. The van der Waals surface area contributed by atoms with Crippen LogP contribution in [0.1, 0.15) is 28.8 Å². The third-order valence-electron chi connectivity index (χ3n) is 4.12. The molecule has 1 unspecified atom stereocenters. The molecule has 1 aromatic carbocycles. The fourth-order valence-corrected chi connectivity index (χ4v) is 2.85. The molecule has 0 fully saturated rings. The molecule has 1 N–H and O–H groups in total. The van der Waals surface area contributed by atoms with E-state index < -0.39 is 35.3 Å². The van der Waals surface area contributed by atoms with Crippen molar-refractivity contribution in [3.05, 3.63) is 70.1 Å².